The maximum absolute atomic E-state index is 12.2. The van der Waals surface area contributed by atoms with Crippen molar-refractivity contribution in [3.05, 3.63) is 35.7 Å². The van der Waals surface area contributed by atoms with Gasteiger partial charge in [0.15, 0.2) is 11.7 Å². The third-order valence-corrected chi connectivity index (χ3v) is 5.08. The van der Waals surface area contributed by atoms with Gasteiger partial charge in [0.1, 0.15) is 0 Å². The largest absolute Gasteiger partial charge is 0.369 e. The number of quaternary nitrogens is 1. The van der Waals surface area contributed by atoms with E-state index in [0.29, 0.717) is 11.7 Å². The molecule has 0 saturated carbocycles. The number of rotatable bonds is 5. The van der Waals surface area contributed by atoms with E-state index in [4.69, 9.17) is 5.73 Å². The maximum Gasteiger partial charge on any atom is 0.281 e. The Kier molecular flexibility index (Phi) is 5.22. The van der Waals surface area contributed by atoms with E-state index in [1.165, 1.54) is 16.2 Å². The Hall–Kier alpha value is -2.25. The second kappa shape index (κ2) is 7.55. The van der Waals surface area contributed by atoms with Crippen LogP contribution in [0.25, 0.3) is 11.3 Å². The van der Waals surface area contributed by atoms with Crippen molar-refractivity contribution in [1.29, 1.82) is 0 Å². The molecule has 0 spiro atoms. The number of nitrogens with one attached hydrogen (secondary N) is 2. The number of benzene rings is 1. The zero-order valence-corrected chi connectivity index (χ0v) is 14.1. The molecule has 2 aromatic rings. The molecule has 0 aliphatic carbocycles. The van der Waals surface area contributed by atoms with Crippen LogP contribution in [0.2, 0.25) is 0 Å². The molecule has 1 aromatic heterocycles. The normalized spacial score (nSPS) is 20.5. The molecule has 2 amide bonds. The molecule has 1 saturated heterocycles. The molecule has 0 bridgehead atoms. The van der Waals surface area contributed by atoms with Gasteiger partial charge < -0.3 is 10.6 Å². The van der Waals surface area contributed by atoms with Gasteiger partial charge in [0.05, 0.1) is 18.8 Å². The van der Waals surface area contributed by atoms with E-state index in [9.17, 15) is 9.59 Å². The Balaban J connectivity index is 1.51. The fourth-order valence-corrected chi connectivity index (χ4v) is 3.69. The van der Waals surface area contributed by atoms with Crippen LogP contribution in [-0.4, -0.2) is 36.4 Å². The van der Waals surface area contributed by atoms with Gasteiger partial charge in [-0.25, -0.2) is 4.98 Å². The van der Waals surface area contributed by atoms with Crippen LogP contribution >= 0.6 is 11.3 Å². The second-order valence-electron chi connectivity index (χ2n) is 6.06. The van der Waals surface area contributed by atoms with Crippen LogP contribution in [0.5, 0.6) is 0 Å². The average molecular weight is 345 g/mol. The maximum atomic E-state index is 12.2. The van der Waals surface area contributed by atoms with E-state index in [-0.39, 0.29) is 17.7 Å². The number of aromatic nitrogens is 1. The zero-order chi connectivity index (χ0) is 16.9. The number of nitrogens with zero attached hydrogens (tertiary/aromatic N) is 1. The Morgan fingerprint density at radius 2 is 1.96 bits per heavy atom. The zero-order valence-electron chi connectivity index (χ0n) is 13.3. The van der Waals surface area contributed by atoms with E-state index in [2.05, 4.69) is 10.3 Å². The number of hydrogen-bond donors (Lipinski definition) is 3. The summed E-state index contributed by atoms with van der Waals surface area (Å²) in [4.78, 5) is 29.0. The van der Waals surface area contributed by atoms with Gasteiger partial charge in [0.25, 0.3) is 5.91 Å². The van der Waals surface area contributed by atoms with Crippen molar-refractivity contribution in [2.45, 2.75) is 12.8 Å². The first-order chi connectivity index (χ1) is 11.6. The first-order valence-corrected chi connectivity index (χ1v) is 8.93. The van der Waals surface area contributed by atoms with E-state index >= 15 is 0 Å². The number of nitrogens with two attached hydrogens (primary N) is 1. The summed E-state index contributed by atoms with van der Waals surface area (Å²) in [6, 6.07) is 9.88. The number of likely N-dealkylation sites (tertiary alicyclic amines) is 1. The lowest BCUT2D eigenvalue weighted by molar-refractivity contribution is -0.897. The predicted octanol–water partition coefficient (Wildman–Crippen LogP) is 0.529. The molecule has 1 aliphatic heterocycles. The first kappa shape index (κ1) is 16.6. The molecule has 3 rings (SSSR count). The summed E-state index contributed by atoms with van der Waals surface area (Å²) >= 11 is 1.43. The third-order valence-electron chi connectivity index (χ3n) is 4.33. The van der Waals surface area contributed by atoms with Crippen molar-refractivity contribution >= 4 is 28.3 Å². The summed E-state index contributed by atoms with van der Waals surface area (Å²) in [5.74, 6) is -0.310. The van der Waals surface area contributed by atoms with Crippen molar-refractivity contribution in [1.82, 2.24) is 4.98 Å². The van der Waals surface area contributed by atoms with Gasteiger partial charge in [-0.15, -0.1) is 11.3 Å². The fraction of sp³-hybridized carbons (Fsp3) is 0.353. The lowest BCUT2D eigenvalue weighted by Gasteiger charge is -2.26. The lowest BCUT2D eigenvalue weighted by Crippen LogP contribution is -3.14. The summed E-state index contributed by atoms with van der Waals surface area (Å²) < 4.78 is 0. The number of amides is 2. The van der Waals surface area contributed by atoms with Crippen molar-refractivity contribution in [2.24, 2.45) is 11.7 Å². The van der Waals surface area contributed by atoms with Crippen LogP contribution in [0.1, 0.15) is 12.8 Å². The van der Waals surface area contributed by atoms with Crippen molar-refractivity contribution in [3.63, 3.8) is 0 Å². The standard InChI is InChI=1S/C17H20N4O2S/c18-16(23)13-6-8-21(9-7-13)10-15(22)20-17-19-14(11-24-17)12-4-2-1-3-5-12/h1-5,11,13H,6-10H2,(H2,18,23)(H,19,20,22)/p+1. The van der Waals surface area contributed by atoms with Gasteiger partial charge in [-0.3, -0.25) is 14.9 Å². The van der Waals surface area contributed by atoms with Crippen LogP contribution < -0.4 is 16.0 Å². The molecular formula is C17H21N4O2S+. The molecule has 1 aliphatic rings. The summed E-state index contributed by atoms with van der Waals surface area (Å²) in [5.41, 5.74) is 7.23. The van der Waals surface area contributed by atoms with E-state index < -0.39 is 0 Å². The third kappa shape index (κ3) is 4.18. The van der Waals surface area contributed by atoms with Gasteiger partial charge in [-0.2, -0.15) is 0 Å². The Morgan fingerprint density at radius 3 is 2.62 bits per heavy atom. The van der Waals surface area contributed by atoms with Crippen molar-refractivity contribution in [2.75, 3.05) is 25.0 Å². The summed E-state index contributed by atoms with van der Waals surface area (Å²) in [5, 5.41) is 5.43. The van der Waals surface area contributed by atoms with E-state index in [1.807, 2.05) is 35.7 Å². The Morgan fingerprint density at radius 1 is 1.25 bits per heavy atom. The van der Waals surface area contributed by atoms with Crippen LogP contribution in [0.4, 0.5) is 5.13 Å². The summed E-state index contributed by atoms with van der Waals surface area (Å²) in [7, 11) is 0. The number of hydrogen-bond acceptors (Lipinski definition) is 4. The van der Waals surface area contributed by atoms with Gasteiger partial charge in [0, 0.05) is 29.7 Å². The minimum atomic E-state index is -0.227. The highest BCUT2D eigenvalue weighted by molar-refractivity contribution is 7.14. The summed E-state index contributed by atoms with van der Waals surface area (Å²) in [6.07, 6.45) is 1.51. The Labute approximate surface area is 144 Å². The molecule has 4 N–H and O–H groups in total. The average Bonchev–Trinajstić information content (AvgIpc) is 3.04. The predicted molar refractivity (Wildman–Crippen MR) is 93.7 cm³/mol. The fourth-order valence-electron chi connectivity index (χ4n) is 2.95. The first-order valence-electron chi connectivity index (χ1n) is 8.05. The number of thiazole rings is 1. The Bertz CT molecular complexity index is 708. The number of carbonyl (C=O) groups excluding carboxylic acids is 2. The molecule has 2 heterocycles. The topological polar surface area (TPSA) is 89.5 Å². The van der Waals surface area contributed by atoms with Gasteiger partial charge >= 0.3 is 0 Å². The molecule has 1 fully saturated rings. The number of piperidine rings is 1. The lowest BCUT2D eigenvalue weighted by atomic mass is 9.96. The SMILES string of the molecule is NC(=O)C1CC[NH+](CC(=O)Nc2nc(-c3ccccc3)cs2)CC1. The van der Waals surface area contributed by atoms with Crippen molar-refractivity contribution in [3.8, 4) is 11.3 Å². The van der Waals surface area contributed by atoms with Gasteiger partial charge in [-0.05, 0) is 0 Å². The summed E-state index contributed by atoms with van der Waals surface area (Å²) in [6.45, 7) is 1.99. The minimum Gasteiger partial charge on any atom is -0.369 e. The highest BCUT2D eigenvalue weighted by atomic mass is 32.1. The van der Waals surface area contributed by atoms with Gasteiger partial charge in [0.2, 0.25) is 5.91 Å². The van der Waals surface area contributed by atoms with Crippen LogP contribution in [0.15, 0.2) is 35.7 Å². The molecule has 126 valence electrons. The smallest absolute Gasteiger partial charge is 0.281 e. The molecule has 0 unspecified atom stereocenters. The second-order valence-corrected chi connectivity index (χ2v) is 6.91. The van der Waals surface area contributed by atoms with Crippen LogP contribution in [0, 0.1) is 5.92 Å². The monoisotopic (exact) mass is 345 g/mol. The van der Waals surface area contributed by atoms with Gasteiger partial charge in [-0.1, -0.05) is 30.3 Å². The van der Waals surface area contributed by atoms with Crippen molar-refractivity contribution < 1.29 is 14.5 Å². The minimum absolute atomic E-state index is 0.0378. The molecule has 1 aromatic carbocycles. The number of primary amides is 1. The highest BCUT2D eigenvalue weighted by Gasteiger charge is 2.27. The van der Waals surface area contributed by atoms with Crippen LogP contribution in [0.3, 0.4) is 0 Å². The molecular weight excluding hydrogens is 324 g/mol. The molecule has 24 heavy (non-hydrogen) atoms. The number of anilines is 1. The van der Waals surface area contributed by atoms with E-state index in [1.54, 1.807) is 0 Å². The molecule has 0 atom stereocenters. The van der Waals surface area contributed by atoms with Crippen LogP contribution in [-0.2, 0) is 9.59 Å². The molecule has 6 nitrogen and oxygen atoms in total. The molecule has 7 heteroatoms. The quantitative estimate of drug-likeness (QED) is 0.738. The number of carbonyl (C=O) groups is 2. The highest BCUT2D eigenvalue weighted by Crippen LogP contribution is 2.24. The molecule has 0 radical (unpaired) electrons. The van der Waals surface area contributed by atoms with E-state index in [0.717, 1.165) is 37.2 Å².